The third kappa shape index (κ3) is 3.29. The molecule has 4 heterocycles. The van der Waals surface area contributed by atoms with Crippen molar-refractivity contribution in [3.8, 4) is 11.1 Å². The molecule has 26 heavy (non-hydrogen) atoms. The normalized spacial score (nSPS) is 15.2. The molecule has 6 nitrogen and oxygen atoms in total. The highest BCUT2D eigenvalue weighted by molar-refractivity contribution is 7.12. The number of carbonyl (C=O) groups is 1. The van der Waals surface area contributed by atoms with E-state index < -0.39 is 0 Å². The van der Waals surface area contributed by atoms with Crippen molar-refractivity contribution in [2.75, 3.05) is 19.7 Å². The zero-order chi connectivity index (χ0) is 18.1. The van der Waals surface area contributed by atoms with E-state index in [4.69, 9.17) is 5.11 Å². The maximum absolute atomic E-state index is 12.2. The Hall–Kier alpha value is -2.48. The van der Waals surface area contributed by atoms with Crippen molar-refractivity contribution in [1.82, 2.24) is 20.6 Å². The van der Waals surface area contributed by atoms with Gasteiger partial charge in [-0.25, -0.2) is 4.98 Å². The van der Waals surface area contributed by atoms with Crippen LogP contribution in [0.4, 0.5) is 0 Å². The number of nitrogens with zero attached hydrogens (tertiary/aromatic N) is 1. The van der Waals surface area contributed by atoms with E-state index in [1.54, 1.807) is 6.92 Å². The molecule has 4 rings (SSSR count). The third-order valence-corrected chi connectivity index (χ3v) is 5.36. The monoisotopic (exact) mass is 368 g/mol. The molecule has 134 valence electrons. The summed E-state index contributed by atoms with van der Waals surface area (Å²) in [6, 6.07) is 5.81. The Bertz CT molecular complexity index is 989. The van der Waals surface area contributed by atoms with Crippen LogP contribution in [0.5, 0.6) is 0 Å². The largest absolute Gasteiger partial charge is 0.394 e. The molecule has 7 heteroatoms. The number of hydrogen-bond acceptors (Lipinski definition) is 5. The van der Waals surface area contributed by atoms with Crippen molar-refractivity contribution in [2.45, 2.75) is 13.0 Å². The molecule has 0 bridgehead atoms. The Labute approximate surface area is 155 Å². The Balaban J connectivity index is 1.59. The minimum atomic E-state index is -0.260. The summed E-state index contributed by atoms with van der Waals surface area (Å²) in [7, 11) is 0. The van der Waals surface area contributed by atoms with E-state index in [1.165, 1.54) is 16.9 Å². The molecular weight excluding hydrogens is 348 g/mol. The maximum Gasteiger partial charge on any atom is 0.261 e. The SMILES string of the molecule is C[C@H](CO)NC(=O)c1cc(-c2cnc3[nH]c(C4=CCNC4)cc3c2)cs1. The van der Waals surface area contributed by atoms with Gasteiger partial charge in [-0.05, 0) is 41.6 Å². The standard InChI is InChI=1S/C19H20N4O2S/c1-11(9-24)22-19(25)17-6-15(10-26-17)14-4-13-5-16(12-2-3-20-7-12)23-18(13)21-8-14/h2,4-6,8,10-11,20,24H,3,7,9H2,1H3,(H,21,23)(H,22,25)/t11-/m1/s1. The van der Waals surface area contributed by atoms with Crippen LogP contribution < -0.4 is 10.6 Å². The molecule has 0 aliphatic carbocycles. The predicted octanol–water partition coefficient (Wildman–Crippen LogP) is 2.39. The first kappa shape index (κ1) is 17.0. The topological polar surface area (TPSA) is 90.0 Å². The van der Waals surface area contributed by atoms with Crippen molar-refractivity contribution in [3.63, 3.8) is 0 Å². The van der Waals surface area contributed by atoms with Gasteiger partial charge in [0.1, 0.15) is 5.65 Å². The van der Waals surface area contributed by atoms with Crippen molar-refractivity contribution in [2.24, 2.45) is 0 Å². The summed E-state index contributed by atoms with van der Waals surface area (Å²) in [6.45, 7) is 3.46. The van der Waals surface area contributed by atoms with Gasteiger partial charge in [0.15, 0.2) is 0 Å². The number of fused-ring (bicyclic) bond motifs is 1. The summed E-state index contributed by atoms with van der Waals surface area (Å²) in [5.41, 5.74) is 5.17. The van der Waals surface area contributed by atoms with Crippen molar-refractivity contribution in [3.05, 3.63) is 46.4 Å². The maximum atomic E-state index is 12.2. The molecule has 0 aromatic carbocycles. The fraction of sp³-hybridized carbons (Fsp3) is 0.263. The van der Waals surface area contributed by atoms with E-state index in [1.807, 2.05) is 17.6 Å². The van der Waals surface area contributed by atoms with Crippen LogP contribution in [0.3, 0.4) is 0 Å². The average Bonchev–Trinajstić information content (AvgIpc) is 3.40. The van der Waals surface area contributed by atoms with Crippen LogP contribution in [0.1, 0.15) is 22.3 Å². The second-order valence-corrected chi connectivity index (χ2v) is 7.37. The van der Waals surface area contributed by atoms with Crippen LogP contribution in [0, 0.1) is 0 Å². The molecule has 1 amide bonds. The molecule has 1 atom stereocenters. The van der Waals surface area contributed by atoms with Crippen LogP contribution in [0.15, 0.2) is 35.9 Å². The van der Waals surface area contributed by atoms with Crippen molar-refractivity contribution in [1.29, 1.82) is 0 Å². The summed E-state index contributed by atoms with van der Waals surface area (Å²) in [5, 5.41) is 18.1. The number of thiophene rings is 1. The summed E-state index contributed by atoms with van der Waals surface area (Å²) in [5.74, 6) is -0.165. The molecule has 0 unspecified atom stereocenters. The highest BCUT2D eigenvalue weighted by Gasteiger charge is 2.14. The van der Waals surface area contributed by atoms with Crippen molar-refractivity contribution >= 4 is 33.9 Å². The zero-order valence-electron chi connectivity index (χ0n) is 14.4. The lowest BCUT2D eigenvalue weighted by molar-refractivity contribution is 0.0926. The Morgan fingerprint density at radius 2 is 2.27 bits per heavy atom. The van der Waals surface area contributed by atoms with E-state index in [2.05, 4.69) is 38.8 Å². The summed E-state index contributed by atoms with van der Waals surface area (Å²) < 4.78 is 0. The van der Waals surface area contributed by atoms with Gasteiger partial charge in [-0.1, -0.05) is 6.08 Å². The lowest BCUT2D eigenvalue weighted by Gasteiger charge is -2.08. The fourth-order valence-electron chi connectivity index (χ4n) is 2.97. The number of hydrogen-bond donors (Lipinski definition) is 4. The Kier molecular flexibility index (Phi) is 4.58. The number of aliphatic hydroxyl groups is 1. The number of aromatic nitrogens is 2. The van der Waals surface area contributed by atoms with Crippen LogP contribution >= 0.6 is 11.3 Å². The minimum absolute atomic E-state index is 0.0770. The minimum Gasteiger partial charge on any atom is -0.394 e. The van der Waals surface area contributed by atoms with Gasteiger partial charge in [-0.15, -0.1) is 11.3 Å². The number of pyridine rings is 1. The number of H-pyrrole nitrogens is 1. The second-order valence-electron chi connectivity index (χ2n) is 6.46. The van der Waals surface area contributed by atoms with Gasteiger partial charge in [0.25, 0.3) is 5.91 Å². The van der Waals surface area contributed by atoms with E-state index in [0.717, 1.165) is 40.9 Å². The molecule has 0 fully saturated rings. The first-order valence-corrected chi connectivity index (χ1v) is 9.41. The number of amides is 1. The Morgan fingerprint density at radius 1 is 1.38 bits per heavy atom. The first-order chi connectivity index (χ1) is 12.6. The van der Waals surface area contributed by atoms with Crippen LogP contribution in [-0.2, 0) is 0 Å². The predicted molar refractivity (Wildman–Crippen MR) is 104 cm³/mol. The first-order valence-electron chi connectivity index (χ1n) is 8.53. The molecular formula is C19H20N4O2S. The van der Waals surface area contributed by atoms with E-state index in [0.29, 0.717) is 4.88 Å². The average molecular weight is 368 g/mol. The van der Waals surface area contributed by atoms with Gasteiger partial charge in [0.05, 0.1) is 11.5 Å². The van der Waals surface area contributed by atoms with Gasteiger partial charge >= 0.3 is 0 Å². The van der Waals surface area contributed by atoms with E-state index >= 15 is 0 Å². The molecule has 0 radical (unpaired) electrons. The number of aliphatic hydroxyl groups excluding tert-OH is 1. The molecule has 0 saturated carbocycles. The smallest absolute Gasteiger partial charge is 0.261 e. The summed E-state index contributed by atoms with van der Waals surface area (Å²) in [4.78, 5) is 20.7. The highest BCUT2D eigenvalue weighted by atomic mass is 32.1. The number of nitrogens with one attached hydrogen (secondary N) is 3. The molecule has 3 aromatic heterocycles. The van der Waals surface area contributed by atoms with Gasteiger partial charge in [-0.2, -0.15) is 0 Å². The fourth-order valence-corrected chi connectivity index (χ4v) is 3.79. The summed E-state index contributed by atoms with van der Waals surface area (Å²) in [6.07, 6.45) is 4.01. The number of rotatable bonds is 5. The van der Waals surface area contributed by atoms with Gasteiger partial charge < -0.3 is 20.7 Å². The molecule has 1 aliphatic rings. The number of aromatic amines is 1. The van der Waals surface area contributed by atoms with Gasteiger partial charge in [-0.3, -0.25) is 4.79 Å². The highest BCUT2D eigenvalue weighted by Crippen LogP contribution is 2.29. The lowest BCUT2D eigenvalue weighted by atomic mass is 10.1. The quantitative estimate of drug-likeness (QED) is 0.557. The molecule has 3 aromatic rings. The van der Waals surface area contributed by atoms with Crippen LogP contribution in [0.25, 0.3) is 27.7 Å². The van der Waals surface area contributed by atoms with Crippen molar-refractivity contribution < 1.29 is 9.90 Å². The lowest BCUT2D eigenvalue weighted by Crippen LogP contribution is -2.34. The van der Waals surface area contributed by atoms with Gasteiger partial charge in [0.2, 0.25) is 0 Å². The second kappa shape index (κ2) is 7.03. The van der Waals surface area contributed by atoms with E-state index in [9.17, 15) is 4.79 Å². The molecule has 0 spiro atoms. The van der Waals surface area contributed by atoms with E-state index in [-0.39, 0.29) is 18.6 Å². The van der Waals surface area contributed by atoms with Crippen LogP contribution in [-0.4, -0.2) is 46.7 Å². The molecule has 0 saturated heterocycles. The van der Waals surface area contributed by atoms with Crippen LogP contribution in [0.2, 0.25) is 0 Å². The zero-order valence-corrected chi connectivity index (χ0v) is 15.2. The Morgan fingerprint density at radius 3 is 3.04 bits per heavy atom. The molecule has 1 aliphatic heterocycles. The summed E-state index contributed by atoms with van der Waals surface area (Å²) >= 11 is 1.39. The third-order valence-electron chi connectivity index (χ3n) is 4.43. The van der Waals surface area contributed by atoms with Gasteiger partial charge in [0, 0.05) is 42.0 Å². The molecule has 4 N–H and O–H groups in total. The number of carbonyl (C=O) groups excluding carboxylic acids is 1.